The Hall–Kier alpha value is -0.335. The molecule has 0 aromatic heterocycles. The summed E-state index contributed by atoms with van der Waals surface area (Å²) in [6, 6.07) is 7.29. The minimum Gasteiger partial charge on any atom is -0.418 e. The first-order valence-electron chi connectivity index (χ1n) is 2.77. The Balaban J connectivity index is 2.69. The largest absolute Gasteiger partial charge is 0.418 e. The zero-order chi connectivity index (χ0) is 7.40. The Morgan fingerprint density at radius 1 is 1.20 bits per heavy atom. The molecule has 0 saturated heterocycles. The number of hydrogen-bond donors (Lipinski definition) is 1. The van der Waals surface area contributed by atoms with Crippen LogP contribution in [0.25, 0.3) is 0 Å². The van der Waals surface area contributed by atoms with Crippen molar-refractivity contribution in [3.63, 3.8) is 0 Å². The van der Waals surface area contributed by atoms with Gasteiger partial charge in [-0.25, -0.2) is 0 Å². The van der Waals surface area contributed by atoms with Crippen molar-refractivity contribution in [1.29, 1.82) is 0 Å². The van der Waals surface area contributed by atoms with E-state index in [9.17, 15) is 0 Å². The lowest BCUT2D eigenvalue weighted by Gasteiger charge is -1.98. The molecule has 0 spiro atoms. The predicted molar refractivity (Wildman–Crippen MR) is 46.7 cm³/mol. The number of benzene rings is 1. The number of hydrogen-bond acceptors (Lipinski definition) is 1. The standard InChI is InChI=1S/C6H5BCl2N/c8-5-1-3-6(4-2-5)10-7-9/h1-4,10H. The molecular formula is C6H5BCl2N. The van der Waals surface area contributed by atoms with Crippen LogP contribution in [0.3, 0.4) is 0 Å². The topological polar surface area (TPSA) is 12.0 Å². The van der Waals surface area contributed by atoms with Gasteiger partial charge in [0.15, 0.2) is 0 Å². The van der Waals surface area contributed by atoms with Crippen molar-refractivity contribution in [2.24, 2.45) is 0 Å². The van der Waals surface area contributed by atoms with Gasteiger partial charge in [-0.2, -0.15) is 11.5 Å². The van der Waals surface area contributed by atoms with E-state index in [4.69, 9.17) is 23.1 Å². The zero-order valence-corrected chi connectivity index (χ0v) is 6.65. The molecule has 4 heteroatoms. The first kappa shape index (κ1) is 7.77. The average Bonchev–Trinajstić information content (AvgIpc) is 1.95. The van der Waals surface area contributed by atoms with Crippen LogP contribution < -0.4 is 5.23 Å². The van der Waals surface area contributed by atoms with E-state index in [1.807, 2.05) is 12.1 Å². The van der Waals surface area contributed by atoms with Gasteiger partial charge < -0.3 is 5.23 Å². The highest BCUT2D eigenvalue weighted by molar-refractivity contribution is 6.95. The molecule has 0 aliphatic rings. The van der Waals surface area contributed by atoms with E-state index in [0.29, 0.717) is 0 Å². The maximum atomic E-state index is 5.64. The van der Waals surface area contributed by atoms with Crippen LogP contribution in [0.5, 0.6) is 0 Å². The summed E-state index contributed by atoms with van der Waals surface area (Å²) in [5.74, 6) is 0. The molecule has 0 fully saturated rings. The van der Waals surface area contributed by atoms with E-state index in [1.165, 1.54) is 6.83 Å². The van der Waals surface area contributed by atoms with Gasteiger partial charge in [0, 0.05) is 10.7 Å². The van der Waals surface area contributed by atoms with E-state index in [0.717, 1.165) is 10.7 Å². The summed E-state index contributed by atoms with van der Waals surface area (Å²) in [4.78, 5) is 0. The summed E-state index contributed by atoms with van der Waals surface area (Å²) < 4.78 is 0. The summed E-state index contributed by atoms with van der Waals surface area (Å²) in [5, 5.41) is 3.54. The Bertz CT molecular complexity index is 199. The Labute approximate surface area is 70.5 Å². The molecule has 0 saturated carbocycles. The molecule has 0 aliphatic carbocycles. The first-order chi connectivity index (χ1) is 4.83. The van der Waals surface area contributed by atoms with Crippen LogP contribution >= 0.6 is 23.1 Å². The van der Waals surface area contributed by atoms with Gasteiger partial charge in [0.2, 0.25) is 0 Å². The second-order valence-corrected chi connectivity index (χ2v) is 2.41. The van der Waals surface area contributed by atoms with Crippen LogP contribution in [0, 0.1) is 0 Å². The molecule has 0 heterocycles. The molecule has 0 atom stereocenters. The fourth-order valence-electron chi connectivity index (χ4n) is 0.609. The van der Waals surface area contributed by atoms with Crippen LogP contribution in [0.1, 0.15) is 0 Å². The number of nitrogens with one attached hydrogen (secondary N) is 1. The second-order valence-electron chi connectivity index (χ2n) is 1.76. The SMILES string of the molecule is Cl[B]Nc1ccc(Cl)cc1. The lowest BCUT2D eigenvalue weighted by molar-refractivity contribution is 1.67. The number of anilines is 1. The first-order valence-corrected chi connectivity index (χ1v) is 3.58. The van der Waals surface area contributed by atoms with Gasteiger partial charge in [0.25, 0.3) is 0 Å². The van der Waals surface area contributed by atoms with Crippen molar-refractivity contribution in [3.05, 3.63) is 29.3 Å². The molecule has 1 N–H and O–H groups in total. The van der Waals surface area contributed by atoms with Crippen molar-refractivity contribution in [2.75, 3.05) is 5.23 Å². The fraction of sp³-hybridized carbons (Fsp3) is 0. The van der Waals surface area contributed by atoms with Crippen LogP contribution in [0.15, 0.2) is 24.3 Å². The summed E-state index contributed by atoms with van der Waals surface area (Å²) in [6.45, 7) is 1.35. The molecule has 1 radical (unpaired) electrons. The van der Waals surface area contributed by atoms with Gasteiger partial charge >= 0.3 is 6.83 Å². The highest BCUT2D eigenvalue weighted by atomic mass is 35.5. The van der Waals surface area contributed by atoms with Gasteiger partial charge in [0.05, 0.1) is 0 Å². The molecule has 0 bridgehead atoms. The van der Waals surface area contributed by atoms with E-state index in [1.54, 1.807) is 12.1 Å². The number of halogens is 2. The average molecular weight is 173 g/mol. The van der Waals surface area contributed by atoms with Crippen LogP contribution in [-0.4, -0.2) is 6.83 Å². The minimum atomic E-state index is 0.722. The Morgan fingerprint density at radius 3 is 2.30 bits per heavy atom. The van der Waals surface area contributed by atoms with Gasteiger partial charge in [-0.15, -0.1) is 0 Å². The molecule has 51 valence electrons. The molecule has 0 unspecified atom stereocenters. The highest BCUT2D eigenvalue weighted by Crippen LogP contribution is 2.12. The minimum absolute atomic E-state index is 0.722. The summed E-state index contributed by atoms with van der Waals surface area (Å²) in [7, 11) is 0. The summed E-state index contributed by atoms with van der Waals surface area (Å²) in [6.07, 6.45) is 0. The van der Waals surface area contributed by atoms with Crippen molar-refractivity contribution >= 4 is 35.6 Å². The lowest BCUT2D eigenvalue weighted by atomic mass is 10.2. The molecule has 1 rings (SSSR count). The third-order valence-electron chi connectivity index (χ3n) is 1.07. The van der Waals surface area contributed by atoms with E-state index in [-0.39, 0.29) is 0 Å². The number of rotatable bonds is 2. The molecule has 0 amide bonds. The van der Waals surface area contributed by atoms with Crippen LogP contribution in [0.2, 0.25) is 5.02 Å². The quantitative estimate of drug-likeness (QED) is 0.677. The molecule has 10 heavy (non-hydrogen) atoms. The van der Waals surface area contributed by atoms with Gasteiger partial charge in [-0.1, -0.05) is 11.6 Å². The van der Waals surface area contributed by atoms with E-state index >= 15 is 0 Å². The van der Waals surface area contributed by atoms with Crippen molar-refractivity contribution in [2.45, 2.75) is 0 Å². The maximum Gasteiger partial charge on any atom is 0.368 e. The lowest BCUT2D eigenvalue weighted by Crippen LogP contribution is -1.96. The summed E-state index contributed by atoms with van der Waals surface area (Å²) in [5.41, 5.74) is 0.930. The summed E-state index contributed by atoms with van der Waals surface area (Å²) >= 11 is 10.9. The van der Waals surface area contributed by atoms with Crippen molar-refractivity contribution in [1.82, 2.24) is 0 Å². The molecule has 1 aromatic rings. The Morgan fingerprint density at radius 2 is 1.80 bits per heavy atom. The normalized spacial score (nSPS) is 9.00. The van der Waals surface area contributed by atoms with Crippen molar-refractivity contribution in [3.8, 4) is 0 Å². The molecular weight excluding hydrogens is 168 g/mol. The predicted octanol–water partition coefficient (Wildman–Crippen LogP) is 2.52. The van der Waals surface area contributed by atoms with E-state index in [2.05, 4.69) is 5.23 Å². The Kier molecular flexibility index (Phi) is 2.91. The van der Waals surface area contributed by atoms with Crippen LogP contribution in [-0.2, 0) is 0 Å². The van der Waals surface area contributed by atoms with Gasteiger partial charge in [0.1, 0.15) is 0 Å². The zero-order valence-electron chi connectivity index (χ0n) is 5.14. The molecule has 1 aromatic carbocycles. The third-order valence-corrected chi connectivity index (χ3v) is 1.43. The van der Waals surface area contributed by atoms with Crippen molar-refractivity contribution < 1.29 is 0 Å². The maximum absolute atomic E-state index is 5.64. The van der Waals surface area contributed by atoms with E-state index < -0.39 is 0 Å². The molecule has 1 nitrogen and oxygen atoms in total. The molecule has 0 aliphatic heterocycles. The third kappa shape index (κ3) is 2.12. The highest BCUT2D eigenvalue weighted by Gasteiger charge is 1.89. The van der Waals surface area contributed by atoms with Gasteiger partial charge in [-0.3, -0.25) is 0 Å². The smallest absolute Gasteiger partial charge is 0.368 e. The fourth-order valence-corrected chi connectivity index (χ4v) is 0.861. The van der Waals surface area contributed by atoms with Gasteiger partial charge in [-0.05, 0) is 24.3 Å². The second kappa shape index (κ2) is 3.74. The van der Waals surface area contributed by atoms with Crippen LogP contribution in [0.4, 0.5) is 5.69 Å². The monoisotopic (exact) mass is 172 g/mol.